The number of rotatable bonds is 2. The summed E-state index contributed by atoms with van der Waals surface area (Å²) in [4.78, 5) is 28.2. The van der Waals surface area contributed by atoms with Crippen molar-refractivity contribution < 1.29 is 27.2 Å². The normalized spacial score (nSPS) is 15.1. The van der Waals surface area contributed by atoms with Crippen molar-refractivity contribution in [3.8, 4) is 0 Å². The van der Waals surface area contributed by atoms with Crippen LogP contribution in [0.25, 0.3) is 0 Å². The maximum atomic E-state index is 12.6. The minimum atomic E-state index is -4.43. The van der Waals surface area contributed by atoms with Gasteiger partial charge in [0.25, 0.3) is 11.8 Å². The molecule has 0 aliphatic carbocycles. The van der Waals surface area contributed by atoms with Gasteiger partial charge in [-0.05, 0) is 44.2 Å². The average molecular weight is 380 g/mol. The molecule has 1 aromatic carbocycles. The lowest BCUT2D eigenvalue weighted by atomic mass is 10.1. The standard InChI is InChI=1S/C19H19F3N2O3/c1-12-11-16(13(2)27-12)18(26)24-9-7-23(8-10-24)17(25)14-3-5-15(6-4-14)19(20,21)22/h3-6,11H,7-10H2,1-2H3. The van der Waals surface area contributed by atoms with Crippen LogP contribution in [0.1, 0.15) is 37.8 Å². The van der Waals surface area contributed by atoms with Crippen molar-refractivity contribution in [1.29, 1.82) is 0 Å². The molecule has 8 heteroatoms. The summed E-state index contributed by atoms with van der Waals surface area (Å²) in [5.41, 5.74) is -0.0839. The van der Waals surface area contributed by atoms with Gasteiger partial charge in [-0.1, -0.05) is 0 Å². The highest BCUT2D eigenvalue weighted by molar-refractivity contribution is 5.96. The second-order valence-corrected chi connectivity index (χ2v) is 6.49. The van der Waals surface area contributed by atoms with Gasteiger partial charge in [-0.25, -0.2) is 0 Å². The van der Waals surface area contributed by atoms with E-state index in [-0.39, 0.29) is 17.4 Å². The van der Waals surface area contributed by atoms with Crippen molar-refractivity contribution in [1.82, 2.24) is 9.80 Å². The number of carbonyl (C=O) groups is 2. The maximum absolute atomic E-state index is 12.6. The van der Waals surface area contributed by atoms with E-state index in [9.17, 15) is 22.8 Å². The first-order valence-corrected chi connectivity index (χ1v) is 8.49. The smallest absolute Gasteiger partial charge is 0.416 e. The summed E-state index contributed by atoms with van der Waals surface area (Å²) in [5.74, 6) is 0.727. The van der Waals surface area contributed by atoms with E-state index in [0.717, 1.165) is 12.1 Å². The molecule has 1 aliphatic rings. The first kappa shape index (κ1) is 19.0. The van der Waals surface area contributed by atoms with Crippen LogP contribution in [0.5, 0.6) is 0 Å². The molecule has 144 valence electrons. The molecular weight excluding hydrogens is 361 g/mol. The summed E-state index contributed by atoms with van der Waals surface area (Å²) in [6.45, 7) is 4.85. The number of nitrogens with zero attached hydrogens (tertiary/aromatic N) is 2. The van der Waals surface area contributed by atoms with Crippen molar-refractivity contribution in [2.24, 2.45) is 0 Å². The van der Waals surface area contributed by atoms with Crippen LogP contribution < -0.4 is 0 Å². The number of hydrogen-bond donors (Lipinski definition) is 0. The number of amides is 2. The minimum absolute atomic E-state index is 0.147. The predicted molar refractivity (Wildman–Crippen MR) is 91.4 cm³/mol. The lowest BCUT2D eigenvalue weighted by Crippen LogP contribution is -2.50. The molecule has 1 aliphatic heterocycles. The van der Waals surface area contributed by atoms with Gasteiger partial charge >= 0.3 is 6.18 Å². The van der Waals surface area contributed by atoms with Gasteiger partial charge in [-0.2, -0.15) is 13.2 Å². The van der Waals surface area contributed by atoms with Crippen molar-refractivity contribution in [2.45, 2.75) is 20.0 Å². The maximum Gasteiger partial charge on any atom is 0.416 e. The van der Waals surface area contributed by atoms with Crippen molar-refractivity contribution >= 4 is 11.8 Å². The molecule has 0 unspecified atom stereocenters. The molecule has 3 rings (SSSR count). The van der Waals surface area contributed by atoms with Gasteiger partial charge < -0.3 is 14.2 Å². The van der Waals surface area contributed by atoms with Crippen molar-refractivity contribution in [3.05, 3.63) is 58.5 Å². The lowest BCUT2D eigenvalue weighted by Gasteiger charge is -2.34. The van der Waals surface area contributed by atoms with Gasteiger partial charge in [-0.15, -0.1) is 0 Å². The number of carbonyl (C=O) groups excluding carboxylic acids is 2. The summed E-state index contributed by atoms with van der Waals surface area (Å²) < 4.78 is 43.3. The third-order valence-electron chi connectivity index (χ3n) is 4.58. The summed E-state index contributed by atoms with van der Waals surface area (Å²) in [6.07, 6.45) is -4.43. The van der Waals surface area contributed by atoms with Crippen LogP contribution in [0.15, 0.2) is 34.7 Å². The molecule has 0 radical (unpaired) electrons. The van der Waals surface area contributed by atoms with E-state index in [0.29, 0.717) is 43.3 Å². The quantitative estimate of drug-likeness (QED) is 0.801. The molecular formula is C19H19F3N2O3. The average Bonchev–Trinajstić information content (AvgIpc) is 2.98. The Hall–Kier alpha value is -2.77. The molecule has 2 aromatic rings. The highest BCUT2D eigenvalue weighted by atomic mass is 19.4. The molecule has 0 N–H and O–H groups in total. The Balaban J connectivity index is 1.62. The molecule has 5 nitrogen and oxygen atoms in total. The molecule has 2 heterocycles. The Labute approximate surface area is 154 Å². The largest absolute Gasteiger partial charge is 0.466 e. The van der Waals surface area contributed by atoms with Crippen LogP contribution in [0.3, 0.4) is 0 Å². The van der Waals surface area contributed by atoms with E-state index in [1.165, 1.54) is 12.1 Å². The zero-order valence-corrected chi connectivity index (χ0v) is 15.0. The van der Waals surface area contributed by atoms with E-state index in [1.54, 1.807) is 29.7 Å². The van der Waals surface area contributed by atoms with Crippen LogP contribution >= 0.6 is 0 Å². The fourth-order valence-corrected chi connectivity index (χ4v) is 3.11. The van der Waals surface area contributed by atoms with Gasteiger partial charge in [0.05, 0.1) is 11.1 Å². The van der Waals surface area contributed by atoms with E-state index >= 15 is 0 Å². The molecule has 0 atom stereocenters. The zero-order valence-electron chi connectivity index (χ0n) is 15.0. The Kier molecular flexibility index (Phi) is 4.99. The Bertz CT molecular complexity index is 848. The number of piperazine rings is 1. The Morgan fingerprint density at radius 3 is 1.89 bits per heavy atom. The van der Waals surface area contributed by atoms with Crippen LogP contribution in [0.4, 0.5) is 13.2 Å². The fraction of sp³-hybridized carbons (Fsp3) is 0.368. The highest BCUT2D eigenvalue weighted by Gasteiger charge is 2.31. The third-order valence-corrected chi connectivity index (χ3v) is 4.58. The number of halogens is 3. The summed E-state index contributed by atoms with van der Waals surface area (Å²) in [6, 6.07) is 5.85. The fourth-order valence-electron chi connectivity index (χ4n) is 3.11. The van der Waals surface area contributed by atoms with Crippen molar-refractivity contribution in [3.63, 3.8) is 0 Å². The monoisotopic (exact) mass is 380 g/mol. The van der Waals surface area contributed by atoms with Gasteiger partial charge in [-0.3, -0.25) is 9.59 Å². The first-order valence-electron chi connectivity index (χ1n) is 8.49. The Morgan fingerprint density at radius 2 is 1.44 bits per heavy atom. The zero-order chi connectivity index (χ0) is 19.8. The number of alkyl halides is 3. The molecule has 27 heavy (non-hydrogen) atoms. The van der Waals surface area contributed by atoms with Crippen LogP contribution in [-0.2, 0) is 6.18 Å². The number of aryl methyl sites for hydroxylation is 2. The predicted octanol–water partition coefficient (Wildman–Crippen LogP) is 3.51. The summed E-state index contributed by atoms with van der Waals surface area (Å²) >= 11 is 0. The molecule has 1 aromatic heterocycles. The third kappa shape index (κ3) is 3.99. The van der Waals surface area contributed by atoms with Crippen molar-refractivity contribution in [2.75, 3.05) is 26.2 Å². The van der Waals surface area contributed by atoms with Crippen LogP contribution in [0, 0.1) is 13.8 Å². The van der Waals surface area contributed by atoms with E-state index in [2.05, 4.69) is 0 Å². The minimum Gasteiger partial charge on any atom is -0.466 e. The molecule has 1 fully saturated rings. The van der Waals surface area contributed by atoms with E-state index < -0.39 is 11.7 Å². The van der Waals surface area contributed by atoms with E-state index in [1.807, 2.05) is 0 Å². The van der Waals surface area contributed by atoms with Crippen LogP contribution in [-0.4, -0.2) is 47.8 Å². The van der Waals surface area contributed by atoms with Gasteiger partial charge in [0, 0.05) is 31.7 Å². The number of furan rings is 1. The molecule has 0 saturated carbocycles. The first-order chi connectivity index (χ1) is 12.7. The molecule has 2 amide bonds. The van der Waals surface area contributed by atoms with Crippen LogP contribution in [0.2, 0.25) is 0 Å². The number of hydrogen-bond acceptors (Lipinski definition) is 3. The number of benzene rings is 1. The lowest BCUT2D eigenvalue weighted by molar-refractivity contribution is -0.137. The van der Waals surface area contributed by atoms with E-state index in [4.69, 9.17) is 4.42 Å². The highest BCUT2D eigenvalue weighted by Crippen LogP contribution is 2.29. The SMILES string of the molecule is Cc1cc(C(=O)N2CCN(C(=O)c3ccc(C(F)(F)F)cc3)CC2)c(C)o1. The summed E-state index contributed by atoms with van der Waals surface area (Å²) in [5, 5.41) is 0. The molecule has 0 spiro atoms. The second-order valence-electron chi connectivity index (χ2n) is 6.49. The topological polar surface area (TPSA) is 53.8 Å². The van der Waals surface area contributed by atoms with Gasteiger partial charge in [0.2, 0.25) is 0 Å². The Morgan fingerprint density at radius 1 is 0.926 bits per heavy atom. The summed E-state index contributed by atoms with van der Waals surface area (Å²) in [7, 11) is 0. The van der Waals surface area contributed by atoms with Gasteiger partial charge in [0.15, 0.2) is 0 Å². The second kappa shape index (κ2) is 7.09. The molecule has 0 bridgehead atoms. The molecule has 1 saturated heterocycles. The van der Waals surface area contributed by atoms with Gasteiger partial charge in [0.1, 0.15) is 11.5 Å².